The van der Waals surface area contributed by atoms with Gasteiger partial charge in [0.25, 0.3) is 0 Å². The average molecular weight is 376 g/mol. The molecule has 0 fully saturated rings. The molecule has 0 aliphatic heterocycles. The zero-order valence-corrected chi connectivity index (χ0v) is 16.1. The van der Waals surface area contributed by atoms with E-state index in [1.165, 1.54) is 27.4 Å². The number of Topliss-reactive ketones (excluding diaryl/α,β-unsaturated/α-hetero) is 1. The third-order valence-corrected chi connectivity index (χ3v) is 4.52. The van der Waals surface area contributed by atoms with Crippen molar-refractivity contribution in [1.82, 2.24) is 4.98 Å². The van der Waals surface area contributed by atoms with Gasteiger partial charge in [0.2, 0.25) is 11.5 Å². The number of carbonyl (C=O) groups is 1. The van der Waals surface area contributed by atoms with Crippen molar-refractivity contribution in [2.75, 3.05) is 21.3 Å². The summed E-state index contributed by atoms with van der Waals surface area (Å²) in [6.45, 7) is 1.93. The highest BCUT2D eigenvalue weighted by Gasteiger charge is 2.19. The van der Waals surface area contributed by atoms with Gasteiger partial charge in [0, 0.05) is 22.7 Å². The first-order valence-electron chi connectivity index (χ1n) is 8.57. The molecular formula is C22H20N2O4. The topological polar surface area (TPSA) is 84.3 Å². The van der Waals surface area contributed by atoms with Gasteiger partial charge in [-0.1, -0.05) is 12.1 Å². The molecule has 0 saturated heterocycles. The largest absolute Gasteiger partial charge is 0.493 e. The number of rotatable bonds is 6. The summed E-state index contributed by atoms with van der Waals surface area (Å²) in [6, 6.07) is 11.1. The molecule has 0 radical (unpaired) electrons. The van der Waals surface area contributed by atoms with E-state index in [-0.39, 0.29) is 11.4 Å². The van der Waals surface area contributed by atoms with Gasteiger partial charge in [-0.2, -0.15) is 5.26 Å². The van der Waals surface area contributed by atoms with E-state index in [4.69, 9.17) is 14.2 Å². The van der Waals surface area contributed by atoms with Crippen molar-refractivity contribution in [3.63, 3.8) is 0 Å². The second-order valence-electron chi connectivity index (χ2n) is 6.16. The summed E-state index contributed by atoms with van der Waals surface area (Å²) in [6.07, 6.45) is 3.16. The lowest BCUT2D eigenvalue weighted by molar-refractivity contribution is 0.104. The predicted molar refractivity (Wildman–Crippen MR) is 107 cm³/mol. The number of fused-ring (bicyclic) bond motifs is 1. The molecule has 6 nitrogen and oxygen atoms in total. The minimum Gasteiger partial charge on any atom is -0.493 e. The van der Waals surface area contributed by atoms with Crippen LogP contribution in [0.5, 0.6) is 17.2 Å². The van der Waals surface area contributed by atoms with E-state index in [2.05, 4.69) is 4.98 Å². The van der Waals surface area contributed by atoms with Crippen molar-refractivity contribution >= 4 is 22.8 Å². The van der Waals surface area contributed by atoms with E-state index in [9.17, 15) is 10.1 Å². The van der Waals surface area contributed by atoms with Crippen LogP contribution < -0.4 is 14.2 Å². The number of aryl methyl sites for hydroxylation is 1. The van der Waals surface area contributed by atoms with Crippen LogP contribution in [0.2, 0.25) is 0 Å². The van der Waals surface area contributed by atoms with E-state index in [1.54, 1.807) is 18.3 Å². The molecule has 0 amide bonds. The van der Waals surface area contributed by atoms with Crippen LogP contribution in [0.25, 0.3) is 17.0 Å². The van der Waals surface area contributed by atoms with Crippen molar-refractivity contribution in [3.05, 3.63) is 58.8 Å². The lowest BCUT2D eigenvalue weighted by Gasteiger charge is -2.13. The molecule has 0 saturated carbocycles. The van der Waals surface area contributed by atoms with Gasteiger partial charge >= 0.3 is 0 Å². The van der Waals surface area contributed by atoms with Crippen LogP contribution in [-0.2, 0) is 0 Å². The van der Waals surface area contributed by atoms with Crippen molar-refractivity contribution in [2.24, 2.45) is 0 Å². The predicted octanol–water partition coefficient (Wildman–Crippen LogP) is 4.29. The van der Waals surface area contributed by atoms with Gasteiger partial charge in [-0.05, 0) is 42.3 Å². The fourth-order valence-corrected chi connectivity index (χ4v) is 3.19. The number of benzene rings is 2. The number of ether oxygens (including phenoxy) is 3. The third kappa shape index (κ3) is 3.30. The number of hydrogen-bond donors (Lipinski definition) is 1. The summed E-state index contributed by atoms with van der Waals surface area (Å²) in [4.78, 5) is 16.1. The number of aromatic amines is 1. The maximum Gasteiger partial charge on any atom is 0.205 e. The number of aromatic nitrogens is 1. The van der Waals surface area contributed by atoms with E-state index >= 15 is 0 Å². The first-order chi connectivity index (χ1) is 13.5. The number of hydrogen-bond acceptors (Lipinski definition) is 5. The summed E-state index contributed by atoms with van der Waals surface area (Å²) in [7, 11) is 4.53. The van der Waals surface area contributed by atoms with Crippen LogP contribution in [0, 0.1) is 18.3 Å². The molecule has 28 heavy (non-hydrogen) atoms. The third-order valence-electron chi connectivity index (χ3n) is 4.52. The van der Waals surface area contributed by atoms with Gasteiger partial charge in [0.05, 0.1) is 21.3 Å². The minimum atomic E-state index is -0.350. The maximum atomic E-state index is 13.0. The van der Waals surface area contributed by atoms with Gasteiger partial charge in [0.15, 0.2) is 11.5 Å². The molecule has 6 heteroatoms. The molecule has 0 atom stereocenters. The molecule has 1 N–H and O–H groups in total. The number of nitrogens with zero attached hydrogens (tertiary/aromatic N) is 1. The summed E-state index contributed by atoms with van der Waals surface area (Å²) >= 11 is 0. The van der Waals surface area contributed by atoms with Crippen LogP contribution in [0.3, 0.4) is 0 Å². The number of carbonyl (C=O) groups excluding carboxylic acids is 1. The number of methoxy groups -OCH3 is 3. The van der Waals surface area contributed by atoms with Crippen LogP contribution in [0.15, 0.2) is 42.1 Å². The molecular weight excluding hydrogens is 356 g/mol. The van der Waals surface area contributed by atoms with E-state index in [0.717, 1.165) is 16.5 Å². The van der Waals surface area contributed by atoms with E-state index in [1.807, 2.05) is 31.2 Å². The Labute approximate surface area is 163 Å². The van der Waals surface area contributed by atoms with Crippen molar-refractivity contribution in [3.8, 4) is 23.3 Å². The highest BCUT2D eigenvalue weighted by atomic mass is 16.5. The van der Waals surface area contributed by atoms with Crippen LogP contribution >= 0.6 is 0 Å². The van der Waals surface area contributed by atoms with Crippen molar-refractivity contribution < 1.29 is 19.0 Å². The number of ketones is 1. The molecule has 0 bridgehead atoms. The summed E-state index contributed by atoms with van der Waals surface area (Å²) in [5.74, 6) is 0.984. The highest BCUT2D eigenvalue weighted by Crippen LogP contribution is 2.39. The molecule has 142 valence electrons. The monoisotopic (exact) mass is 376 g/mol. The lowest BCUT2D eigenvalue weighted by atomic mass is 9.99. The van der Waals surface area contributed by atoms with Crippen molar-refractivity contribution in [2.45, 2.75) is 6.92 Å². The number of nitriles is 1. The first kappa shape index (κ1) is 19.1. The Morgan fingerprint density at radius 1 is 1.11 bits per heavy atom. The summed E-state index contributed by atoms with van der Waals surface area (Å²) in [5.41, 5.74) is 2.89. The summed E-state index contributed by atoms with van der Waals surface area (Å²) < 4.78 is 16.0. The van der Waals surface area contributed by atoms with Gasteiger partial charge in [-0.3, -0.25) is 4.79 Å². The number of H-pyrrole nitrogens is 1. The maximum absolute atomic E-state index is 13.0. The number of nitrogens with one attached hydrogen (secondary N) is 1. The number of allylic oxidation sites excluding steroid dienone is 1. The van der Waals surface area contributed by atoms with E-state index < -0.39 is 0 Å². The average Bonchev–Trinajstić information content (AvgIpc) is 3.16. The van der Waals surface area contributed by atoms with Crippen molar-refractivity contribution in [1.29, 1.82) is 5.26 Å². The van der Waals surface area contributed by atoms with Crippen LogP contribution in [0.1, 0.15) is 21.5 Å². The standard InChI is InChI=1S/C22H20N2O4/c1-13-6-5-7-17-20(13)16(12-24-17)21(25)15(11-23)8-14-9-18(26-2)22(28-4)19(10-14)27-3/h5-10,12,24H,1-4H3/b15-8+. The normalized spacial score (nSPS) is 11.2. The Balaban J connectivity index is 2.09. The molecule has 1 aromatic heterocycles. The minimum absolute atomic E-state index is 0.0124. The molecule has 3 rings (SSSR count). The molecule has 0 aliphatic carbocycles. The lowest BCUT2D eigenvalue weighted by Crippen LogP contribution is -2.02. The molecule has 2 aromatic carbocycles. The fourth-order valence-electron chi connectivity index (χ4n) is 3.19. The van der Waals surface area contributed by atoms with Gasteiger partial charge in [0.1, 0.15) is 11.6 Å². The molecule has 3 aromatic rings. The second kappa shape index (κ2) is 7.89. The second-order valence-corrected chi connectivity index (χ2v) is 6.16. The smallest absolute Gasteiger partial charge is 0.205 e. The van der Waals surface area contributed by atoms with Crippen LogP contribution in [0.4, 0.5) is 0 Å². The Bertz CT molecular complexity index is 1090. The highest BCUT2D eigenvalue weighted by molar-refractivity contribution is 6.20. The van der Waals surface area contributed by atoms with Crippen LogP contribution in [-0.4, -0.2) is 32.1 Å². The Morgan fingerprint density at radius 3 is 2.36 bits per heavy atom. The van der Waals surface area contributed by atoms with Gasteiger partial charge in [-0.15, -0.1) is 0 Å². The molecule has 1 heterocycles. The quantitative estimate of drug-likeness (QED) is 0.394. The SMILES string of the molecule is COc1cc(/C=C(\C#N)C(=O)c2c[nH]c3cccc(C)c23)cc(OC)c1OC. The Morgan fingerprint density at radius 2 is 1.79 bits per heavy atom. The first-order valence-corrected chi connectivity index (χ1v) is 8.57. The van der Waals surface area contributed by atoms with Gasteiger partial charge in [-0.25, -0.2) is 0 Å². The fraction of sp³-hybridized carbons (Fsp3) is 0.182. The Kier molecular flexibility index (Phi) is 5.37. The van der Waals surface area contributed by atoms with Gasteiger partial charge < -0.3 is 19.2 Å². The zero-order valence-electron chi connectivity index (χ0n) is 16.1. The Hall–Kier alpha value is -3.72. The molecule has 0 aliphatic rings. The summed E-state index contributed by atoms with van der Waals surface area (Å²) in [5, 5.41) is 10.4. The molecule has 0 spiro atoms. The van der Waals surface area contributed by atoms with E-state index in [0.29, 0.717) is 28.4 Å². The molecule has 0 unspecified atom stereocenters. The zero-order chi connectivity index (χ0) is 20.3.